The lowest BCUT2D eigenvalue weighted by molar-refractivity contribution is -0.113. The van der Waals surface area contributed by atoms with Gasteiger partial charge in [-0.1, -0.05) is 60.3 Å². The van der Waals surface area contributed by atoms with Gasteiger partial charge in [0, 0.05) is 17.0 Å². The second-order valence-electron chi connectivity index (χ2n) is 7.28. The first-order chi connectivity index (χ1) is 16.0. The summed E-state index contributed by atoms with van der Waals surface area (Å²) in [4.78, 5) is 18.2. The zero-order valence-corrected chi connectivity index (χ0v) is 20.3. The quantitative estimate of drug-likeness (QED) is 0.315. The average Bonchev–Trinajstić information content (AvgIpc) is 3.41. The van der Waals surface area contributed by atoms with E-state index < -0.39 is 0 Å². The minimum Gasteiger partial charge on any atom is -0.483 e. The van der Waals surface area contributed by atoms with Crippen molar-refractivity contribution in [2.75, 3.05) is 11.1 Å². The number of nitrogens with one attached hydrogen (secondary N) is 1. The molecule has 2 heterocycles. The molecule has 2 aromatic heterocycles. The Morgan fingerprint density at radius 3 is 2.52 bits per heavy atom. The molecule has 0 aliphatic heterocycles. The Kier molecular flexibility index (Phi) is 7.41. The molecule has 0 bridgehead atoms. The number of thioether (sulfide) groups is 1. The van der Waals surface area contributed by atoms with Crippen molar-refractivity contribution in [2.45, 2.75) is 38.6 Å². The number of anilines is 1. The maximum Gasteiger partial charge on any atom is 0.236 e. The molecule has 0 saturated heterocycles. The van der Waals surface area contributed by atoms with Crippen molar-refractivity contribution in [1.82, 2.24) is 19.7 Å². The van der Waals surface area contributed by atoms with Crippen LogP contribution in [0.15, 0.2) is 65.8 Å². The number of amides is 1. The Hall–Kier alpha value is -3.17. The highest BCUT2D eigenvalue weighted by molar-refractivity contribution is 7.99. The molecule has 0 saturated carbocycles. The minimum absolute atomic E-state index is 0.130. The van der Waals surface area contributed by atoms with Crippen molar-refractivity contribution in [1.29, 1.82) is 0 Å². The number of carbonyl (C=O) groups excluding carboxylic acids is 1. The van der Waals surface area contributed by atoms with Crippen LogP contribution in [-0.4, -0.2) is 31.4 Å². The third kappa shape index (κ3) is 5.61. The topological polar surface area (TPSA) is 81.9 Å². The van der Waals surface area contributed by atoms with Crippen LogP contribution in [0.2, 0.25) is 0 Å². The van der Waals surface area contributed by atoms with Crippen LogP contribution in [0.25, 0.3) is 11.3 Å². The summed E-state index contributed by atoms with van der Waals surface area (Å²) >= 11 is 2.82. The summed E-state index contributed by atoms with van der Waals surface area (Å²) in [5, 5.41) is 12.8. The van der Waals surface area contributed by atoms with Crippen molar-refractivity contribution >= 4 is 34.1 Å². The van der Waals surface area contributed by atoms with Crippen LogP contribution in [0, 0.1) is 6.92 Å². The number of rotatable bonds is 9. The monoisotopic (exact) mass is 479 g/mol. The zero-order valence-electron chi connectivity index (χ0n) is 18.7. The first-order valence-electron chi connectivity index (χ1n) is 10.7. The summed E-state index contributed by atoms with van der Waals surface area (Å²) in [6.45, 7) is 6.66. The molecule has 170 valence electrons. The highest BCUT2D eigenvalue weighted by Crippen LogP contribution is 2.30. The van der Waals surface area contributed by atoms with Gasteiger partial charge in [-0.05, 0) is 32.9 Å². The number of benzene rings is 2. The van der Waals surface area contributed by atoms with Gasteiger partial charge in [-0.25, -0.2) is 4.98 Å². The second-order valence-corrected chi connectivity index (χ2v) is 9.43. The lowest BCUT2D eigenvalue weighted by Crippen LogP contribution is -2.15. The van der Waals surface area contributed by atoms with E-state index in [2.05, 4.69) is 20.5 Å². The summed E-state index contributed by atoms with van der Waals surface area (Å²) in [5.74, 6) is 1.59. The van der Waals surface area contributed by atoms with E-state index in [0.29, 0.717) is 16.8 Å². The summed E-state index contributed by atoms with van der Waals surface area (Å²) < 4.78 is 7.97. The molecule has 9 heteroatoms. The molecule has 0 aliphatic rings. The molecule has 2 aromatic carbocycles. The molecule has 1 N–H and O–H groups in total. The van der Waals surface area contributed by atoms with Crippen LogP contribution in [-0.2, 0) is 11.3 Å². The van der Waals surface area contributed by atoms with Crippen molar-refractivity contribution in [3.05, 3.63) is 71.4 Å². The van der Waals surface area contributed by atoms with Gasteiger partial charge >= 0.3 is 0 Å². The molecule has 4 aromatic rings. The van der Waals surface area contributed by atoms with Gasteiger partial charge < -0.3 is 14.6 Å². The average molecular weight is 480 g/mol. The van der Waals surface area contributed by atoms with Crippen LogP contribution in [0.3, 0.4) is 0 Å². The zero-order chi connectivity index (χ0) is 23.2. The first kappa shape index (κ1) is 23.0. The molecule has 7 nitrogen and oxygen atoms in total. The molecule has 1 amide bonds. The van der Waals surface area contributed by atoms with Gasteiger partial charge in [-0.2, -0.15) is 0 Å². The molecular formula is C24H25N5O2S2. The number of thiazole rings is 1. The minimum atomic E-state index is -0.266. The standard InChI is InChI=1S/C24H25N5O2S2/c1-4-29-22(16(2)31-19-13-9-6-10-14-19)27-28-24(29)32-15-20(30)25-23-26-21(17(3)33-23)18-11-7-5-8-12-18/h5-14,16H,4,15H2,1-3H3,(H,25,26,30)/t16-/m0/s1. The Morgan fingerprint density at radius 1 is 1.12 bits per heavy atom. The Bertz CT molecular complexity index is 1210. The van der Waals surface area contributed by atoms with E-state index in [1.165, 1.54) is 23.1 Å². The highest BCUT2D eigenvalue weighted by Gasteiger charge is 2.20. The third-order valence-corrected chi connectivity index (χ3v) is 6.76. The molecule has 33 heavy (non-hydrogen) atoms. The molecule has 0 radical (unpaired) electrons. The van der Waals surface area contributed by atoms with E-state index in [1.54, 1.807) is 0 Å². The molecule has 1 atom stereocenters. The van der Waals surface area contributed by atoms with Gasteiger partial charge in [0.25, 0.3) is 0 Å². The number of hydrogen-bond donors (Lipinski definition) is 1. The van der Waals surface area contributed by atoms with Crippen molar-refractivity contribution in [3.63, 3.8) is 0 Å². The van der Waals surface area contributed by atoms with Crippen LogP contribution in [0.5, 0.6) is 5.75 Å². The summed E-state index contributed by atoms with van der Waals surface area (Å²) in [6, 6.07) is 19.6. The van der Waals surface area contributed by atoms with Gasteiger partial charge in [-0.3, -0.25) is 4.79 Å². The van der Waals surface area contributed by atoms with Gasteiger partial charge in [0.15, 0.2) is 22.2 Å². The molecule has 0 spiro atoms. The lowest BCUT2D eigenvalue weighted by atomic mass is 10.1. The summed E-state index contributed by atoms with van der Waals surface area (Å²) in [6.07, 6.45) is -0.266. The molecule has 4 rings (SSSR count). The van der Waals surface area contributed by atoms with Crippen LogP contribution in [0.1, 0.15) is 30.7 Å². The lowest BCUT2D eigenvalue weighted by Gasteiger charge is -2.15. The number of carbonyl (C=O) groups is 1. The van der Waals surface area contributed by atoms with E-state index >= 15 is 0 Å². The number of aromatic nitrogens is 4. The van der Waals surface area contributed by atoms with E-state index in [0.717, 1.165) is 27.7 Å². The van der Waals surface area contributed by atoms with Crippen LogP contribution < -0.4 is 10.1 Å². The Labute approximate surface area is 201 Å². The van der Waals surface area contributed by atoms with Gasteiger partial charge in [0.05, 0.1) is 11.4 Å². The normalized spacial score (nSPS) is 11.8. The van der Waals surface area contributed by atoms with E-state index in [9.17, 15) is 4.79 Å². The number of ether oxygens (including phenoxy) is 1. The van der Waals surface area contributed by atoms with Crippen LogP contribution in [0.4, 0.5) is 5.13 Å². The number of para-hydroxylation sites is 1. The van der Waals surface area contributed by atoms with Gasteiger partial charge in [0.1, 0.15) is 5.75 Å². The first-order valence-corrected chi connectivity index (χ1v) is 12.5. The molecular weight excluding hydrogens is 454 g/mol. The number of aryl methyl sites for hydroxylation is 1. The van der Waals surface area contributed by atoms with Crippen molar-refractivity contribution < 1.29 is 9.53 Å². The van der Waals surface area contributed by atoms with Gasteiger partial charge in [-0.15, -0.1) is 21.5 Å². The predicted molar refractivity (Wildman–Crippen MR) is 133 cm³/mol. The fourth-order valence-corrected chi connectivity index (χ4v) is 5.02. The van der Waals surface area contributed by atoms with Gasteiger partial charge in [0.2, 0.25) is 5.91 Å². The fraction of sp³-hybridized carbons (Fsp3) is 0.250. The number of nitrogens with zero attached hydrogens (tertiary/aromatic N) is 4. The van der Waals surface area contributed by atoms with E-state index in [-0.39, 0.29) is 17.8 Å². The molecule has 0 aliphatic carbocycles. The highest BCUT2D eigenvalue weighted by atomic mass is 32.2. The van der Waals surface area contributed by atoms with Crippen LogP contribution >= 0.6 is 23.1 Å². The predicted octanol–water partition coefficient (Wildman–Crippen LogP) is 5.60. The van der Waals surface area contributed by atoms with Crippen molar-refractivity contribution in [3.8, 4) is 17.0 Å². The molecule has 0 fully saturated rings. The number of hydrogen-bond acceptors (Lipinski definition) is 7. The Balaban J connectivity index is 1.38. The summed E-state index contributed by atoms with van der Waals surface area (Å²) in [5.41, 5.74) is 1.93. The Morgan fingerprint density at radius 2 is 1.82 bits per heavy atom. The maximum absolute atomic E-state index is 12.6. The smallest absolute Gasteiger partial charge is 0.236 e. The van der Waals surface area contributed by atoms with Crippen molar-refractivity contribution in [2.24, 2.45) is 0 Å². The van der Waals surface area contributed by atoms with E-state index in [4.69, 9.17) is 4.74 Å². The third-order valence-electron chi connectivity index (χ3n) is 4.90. The molecule has 0 unspecified atom stereocenters. The summed E-state index contributed by atoms with van der Waals surface area (Å²) in [7, 11) is 0. The maximum atomic E-state index is 12.6. The largest absolute Gasteiger partial charge is 0.483 e. The fourth-order valence-electron chi connectivity index (χ4n) is 3.36. The second kappa shape index (κ2) is 10.6. The van der Waals surface area contributed by atoms with E-state index in [1.807, 2.05) is 86.0 Å². The SMILES string of the molecule is CCn1c(SCC(=O)Nc2nc(-c3ccccc3)c(C)s2)nnc1[C@H](C)Oc1ccccc1.